The van der Waals surface area contributed by atoms with E-state index in [1.807, 2.05) is 37.3 Å². The summed E-state index contributed by atoms with van der Waals surface area (Å²) in [6.07, 6.45) is 2.10. The summed E-state index contributed by atoms with van der Waals surface area (Å²) in [5, 5.41) is 3.50. The molecule has 3 rings (SSSR count). The smallest absolute Gasteiger partial charge is 0.261 e. The highest BCUT2D eigenvalue weighted by Gasteiger charge is 2.30. The van der Waals surface area contributed by atoms with Gasteiger partial charge in [0.1, 0.15) is 17.6 Å². The number of carbonyl (C=O) groups is 2. The first kappa shape index (κ1) is 27.7. The molecule has 190 valence electrons. The molecule has 2 amide bonds. The molecule has 0 spiro atoms. The highest BCUT2D eigenvalue weighted by atomic mass is 79.9. The summed E-state index contributed by atoms with van der Waals surface area (Å²) in [5.41, 5.74) is 1.63. The molecule has 3 aromatic rings. The third-order valence-corrected chi connectivity index (χ3v) is 6.47. The first-order valence-corrected chi connectivity index (χ1v) is 13.0. The highest BCUT2D eigenvalue weighted by molar-refractivity contribution is 9.10. The van der Waals surface area contributed by atoms with Crippen molar-refractivity contribution in [2.24, 2.45) is 0 Å². The second kappa shape index (κ2) is 14.0. The van der Waals surface area contributed by atoms with Crippen molar-refractivity contribution in [3.8, 4) is 5.75 Å². The molecule has 0 radical (unpaired) electrons. The van der Waals surface area contributed by atoms with E-state index in [9.17, 15) is 14.0 Å². The van der Waals surface area contributed by atoms with Gasteiger partial charge in [-0.3, -0.25) is 9.59 Å². The zero-order valence-electron chi connectivity index (χ0n) is 20.1. The molecule has 0 unspecified atom stereocenters. The lowest BCUT2D eigenvalue weighted by atomic mass is 10.0. The molecule has 0 aromatic heterocycles. The number of ether oxygens (including phenoxy) is 1. The van der Waals surface area contributed by atoms with Crippen molar-refractivity contribution in [2.45, 2.75) is 38.8 Å². The third-order valence-electron chi connectivity index (χ3n) is 5.61. The summed E-state index contributed by atoms with van der Waals surface area (Å²) in [6, 6.07) is 19.7. The third kappa shape index (κ3) is 8.35. The summed E-state index contributed by atoms with van der Waals surface area (Å²) < 4.78 is 19.9. The Hall–Kier alpha value is -2.90. The minimum Gasteiger partial charge on any atom is -0.483 e. The molecule has 3 aromatic carbocycles. The summed E-state index contributed by atoms with van der Waals surface area (Å²) in [5.74, 6) is -0.518. The van der Waals surface area contributed by atoms with E-state index < -0.39 is 6.04 Å². The molecule has 0 heterocycles. The van der Waals surface area contributed by atoms with Crippen molar-refractivity contribution in [3.63, 3.8) is 0 Å². The van der Waals surface area contributed by atoms with Crippen molar-refractivity contribution in [2.75, 3.05) is 13.2 Å². The molecule has 0 aliphatic rings. The van der Waals surface area contributed by atoms with Crippen molar-refractivity contribution >= 4 is 39.3 Å². The fourth-order valence-corrected chi connectivity index (χ4v) is 4.46. The van der Waals surface area contributed by atoms with Gasteiger partial charge in [0.2, 0.25) is 5.91 Å². The standard InChI is InChI=1S/C28H29BrClFN2O3/c1-2-3-15-32-28(35)25(16-20-7-5-4-6-8-20)33(18-21-9-12-23(31)13-10-21)27(34)19-36-26-14-11-22(30)17-24(26)29/h4-14,17,25H,2-3,15-16,18-19H2,1H3,(H,32,35)/t25-/m0/s1. The van der Waals surface area contributed by atoms with E-state index in [1.165, 1.54) is 17.0 Å². The molecule has 8 heteroatoms. The van der Waals surface area contributed by atoms with Gasteiger partial charge in [-0.2, -0.15) is 0 Å². The molecule has 0 fully saturated rings. The van der Waals surface area contributed by atoms with Crippen LogP contribution in [-0.4, -0.2) is 35.9 Å². The van der Waals surface area contributed by atoms with E-state index >= 15 is 0 Å². The van der Waals surface area contributed by atoms with Gasteiger partial charge in [0.25, 0.3) is 5.91 Å². The lowest BCUT2D eigenvalue weighted by Gasteiger charge is -2.31. The van der Waals surface area contributed by atoms with Crippen LogP contribution in [-0.2, 0) is 22.6 Å². The van der Waals surface area contributed by atoms with Crippen LogP contribution in [0.25, 0.3) is 0 Å². The minimum absolute atomic E-state index is 0.128. The largest absolute Gasteiger partial charge is 0.483 e. The van der Waals surface area contributed by atoms with Crippen molar-refractivity contribution in [3.05, 3.63) is 99.2 Å². The van der Waals surface area contributed by atoms with E-state index in [4.69, 9.17) is 16.3 Å². The van der Waals surface area contributed by atoms with Crippen LogP contribution < -0.4 is 10.1 Å². The van der Waals surface area contributed by atoms with Crippen molar-refractivity contribution in [1.82, 2.24) is 10.2 Å². The van der Waals surface area contributed by atoms with Gasteiger partial charge in [0.05, 0.1) is 4.47 Å². The predicted octanol–water partition coefficient (Wildman–Crippen LogP) is 6.18. The number of rotatable bonds is 12. The average Bonchev–Trinajstić information content (AvgIpc) is 2.87. The van der Waals surface area contributed by atoms with Gasteiger partial charge in [0.15, 0.2) is 6.61 Å². The van der Waals surface area contributed by atoms with Crippen molar-refractivity contribution < 1.29 is 18.7 Å². The number of amides is 2. The van der Waals surface area contributed by atoms with Crippen LogP contribution >= 0.6 is 27.5 Å². The number of hydrogen-bond donors (Lipinski definition) is 1. The number of hydrogen-bond acceptors (Lipinski definition) is 3. The van der Waals surface area contributed by atoms with Gasteiger partial charge in [0, 0.05) is 24.5 Å². The molecule has 0 bridgehead atoms. The maximum atomic E-state index is 13.5. The van der Waals surface area contributed by atoms with Crippen LogP contribution in [0.4, 0.5) is 4.39 Å². The number of nitrogens with one attached hydrogen (secondary N) is 1. The molecule has 0 saturated heterocycles. The molecule has 36 heavy (non-hydrogen) atoms. The van der Waals surface area contributed by atoms with Gasteiger partial charge >= 0.3 is 0 Å². The lowest BCUT2D eigenvalue weighted by Crippen LogP contribution is -2.51. The maximum absolute atomic E-state index is 13.5. The molecule has 0 aliphatic heterocycles. The Morgan fingerprint density at radius 1 is 1.06 bits per heavy atom. The Morgan fingerprint density at radius 2 is 1.78 bits per heavy atom. The Morgan fingerprint density at radius 3 is 2.44 bits per heavy atom. The average molecular weight is 576 g/mol. The van der Waals surface area contributed by atoms with Crippen LogP contribution in [0, 0.1) is 5.82 Å². The first-order valence-electron chi connectivity index (χ1n) is 11.8. The fraction of sp³-hybridized carbons (Fsp3) is 0.286. The molecule has 1 atom stereocenters. The minimum atomic E-state index is -0.779. The lowest BCUT2D eigenvalue weighted by molar-refractivity contribution is -0.142. The van der Waals surface area contributed by atoms with Gasteiger partial charge in [-0.05, 0) is 63.8 Å². The summed E-state index contributed by atoms with van der Waals surface area (Å²) >= 11 is 9.40. The fourth-order valence-electron chi connectivity index (χ4n) is 3.66. The molecule has 0 saturated carbocycles. The molecule has 1 N–H and O–H groups in total. The Labute approximate surface area is 224 Å². The maximum Gasteiger partial charge on any atom is 0.261 e. The summed E-state index contributed by atoms with van der Waals surface area (Å²) in [7, 11) is 0. The van der Waals surface area contributed by atoms with Crippen LogP contribution in [0.2, 0.25) is 5.02 Å². The van der Waals surface area contributed by atoms with E-state index in [-0.39, 0.29) is 30.8 Å². The van der Waals surface area contributed by atoms with Gasteiger partial charge in [-0.1, -0.05) is 67.4 Å². The Balaban J connectivity index is 1.88. The zero-order valence-corrected chi connectivity index (χ0v) is 22.4. The SMILES string of the molecule is CCCCNC(=O)[C@H](Cc1ccccc1)N(Cc1ccc(F)cc1)C(=O)COc1ccc(Cl)cc1Br. The number of carbonyl (C=O) groups excluding carboxylic acids is 2. The van der Waals surface area contributed by atoms with Crippen LogP contribution in [0.5, 0.6) is 5.75 Å². The normalized spacial score (nSPS) is 11.6. The van der Waals surface area contributed by atoms with Gasteiger partial charge < -0.3 is 15.0 Å². The van der Waals surface area contributed by atoms with E-state index in [0.29, 0.717) is 33.8 Å². The predicted molar refractivity (Wildman–Crippen MR) is 143 cm³/mol. The van der Waals surface area contributed by atoms with Crippen LogP contribution in [0.1, 0.15) is 30.9 Å². The second-order valence-electron chi connectivity index (χ2n) is 8.36. The number of nitrogens with zero attached hydrogens (tertiary/aromatic N) is 1. The van der Waals surface area contributed by atoms with Crippen LogP contribution in [0.3, 0.4) is 0 Å². The molecule has 0 aliphatic carbocycles. The van der Waals surface area contributed by atoms with E-state index in [2.05, 4.69) is 21.2 Å². The van der Waals surface area contributed by atoms with Crippen molar-refractivity contribution in [1.29, 1.82) is 0 Å². The van der Waals surface area contributed by atoms with E-state index in [0.717, 1.165) is 18.4 Å². The Bertz CT molecular complexity index is 1150. The highest BCUT2D eigenvalue weighted by Crippen LogP contribution is 2.28. The Kier molecular flexibility index (Phi) is 10.8. The summed E-state index contributed by atoms with van der Waals surface area (Å²) in [6.45, 7) is 2.41. The topological polar surface area (TPSA) is 58.6 Å². The van der Waals surface area contributed by atoms with E-state index in [1.54, 1.807) is 30.3 Å². The zero-order chi connectivity index (χ0) is 25.9. The molecular weight excluding hydrogens is 547 g/mol. The summed E-state index contributed by atoms with van der Waals surface area (Å²) in [4.78, 5) is 28.4. The number of halogens is 3. The second-order valence-corrected chi connectivity index (χ2v) is 9.65. The van der Waals surface area contributed by atoms with Crippen LogP contribution in [0.15, 0.2) is 77.3 Å². The van der Waals surface area contributed by atoms with Gasteiger partial charge in [-0.15, -0.1) is 0 Å². The first-order chi connectivity index (χ1) is 17.4. The number of benzene rings is 3. The quantitative estimate of drug-likeness (QED) is 0.263. The van der Waals surface area contributed by atoms with Gasteiger partial charge in [-0.25, -0.2) is 4.39 Å². The molecule has 5 nitrogen and oxygen atoms in total. The molecular formula is C28H29BrClFN2O3. The monoisotopic (exact) mass is 574 g/mol. The number of unbranched alkanes of at least 4 members (excludes halogenated alkanes) is 1.